The van der Waals surface area contributed by atoms with Crippen LogP contribution in [0.5, 0.6) is 0 Å². The molecule has 26 heavy (non-hydrogen) atoms. The Morgan fingerprint density at radius 3 is 2.50 bits per heavy atom. The molecule has 1 aliphatic heterocycles. The number of hydrogen-bond acceptors (Lipinski definition) is 5. The van der Waals surface area contributed by atoms with E-state index in [9.17, 15) is 0 Å². The molecule has 0 radical (unpaired) electrons. The Morgan fingerprint density at radius 2 is 1.77 bits per heavy atom. The zero-order valence-corrected chi connectivity index (χ0v) is 16.1. The van der Waals surface area contributed by atoms with Gasteiger partial charge in [-0.2, -0.15) is 0 Å². The molecule has 1 aliphatic carbocycles. The fourth-order valence-corrected chi connectivity index (χ4v) is 4.48. The summed E-state index contributed by atoms with van der Waals surface area (Å²) in [6, 6.07) is 8.54. The monoisotopic (exact) mass is 374 g/mol. The van der Waals surface area contributed by atoms with Crippen molar-refractivity contribution >= 4 is 11.6 Å². The zero-order chi connectivity index (χ0) is 17.9. The first-order chi connectivity index (χ1) is 12.7. The number of benzene rings is 1. The van der Waals surface area contributed by atoms with Crippen molar-refractivity contribution in [3.05, 3.63) is 40.7 Å². The summed E-state index contributed by atoms with van der Waals surface area (Å²) in [5.41, 5.74) is 1.10. The van der Waals surface area contributed by atoms with Crippen LogP contribution >= 0.6 is 11.6 Å². The normalized spacial score (nSPS) is 21.8. The van der Waals surface area contributed by atoms with Crippen LogP contribution in [0, 0.1) is 0 Å². The molecule has 0 N–H and O–H groups in total. The van der Waals surface area contributed by atoms with Gasteiger partial charge in [0.1, 0.15) is 0 Å². The highest BCUT2D eigenvalue weighted by Crippen LogP contribution is 2.36. The van der Waals surface area contributed by atoms with Crippen LogP contribution in [0.1, 0.15) is 55.6 Å². The lowest BCUT2D eigenvalue weighted by Crippen LogP contribution is -2.47. The third-order valence-corrected chi connectivity index (χ3v) is 6.13. The maximum atomic E-state index is 6.61. The van der Waals surface area contributed by atoms with Gasteiger partial charge >= 0.3 is 0 Å². The summed E-state index contributed by atoms with van der Waals surface area (Å²) >= 11 is 6.61. The first-order valence-electron chi connectivity index (χ1n) is 9.69. The molecule has 2 heterocycles. The minimum atomic E-state index is 0.00864. The van der Waals surface area contributed by atoms with E-state index < -0.39 is 0 Å². The highest BCUT2D eigenvalue weighted by atomic mass is 35.5. The van der Waals surface area contributed by atoms with Gasteiger partial charge in [0.2, 0.25) is 0 Å². The summed E-state index contributed by atoms with van der Waals surface area (Å²) in [5, 5.41) is 13.7. The Balaban J connectivity index is 1.72. The number of likely N-dealkylation sites (N-methyl/N-ethyl adjacent to an activating group) is 1. The van der Waals surface area contributed by atoms with Gasteiger partial charge in [0, 0.05) is 31.2 Å². The van der Waals surface area contributed by atoms with Crippen molar-refractivity contribution in [1.82, 2.24) is 30.0 Å². The van der Waals surface area contributed by atoms with Crippen LogP contribution in [-0.4, -0.2) is 63.2 Å². The highest BCUT2D eigenvalue weighted by Gasteiger charge is 2.33. The summed E-state index contributed by atoms with van der Waals surface area (Å²) < 4.78 is 2.09. The standard InChI is InChI=1S/C19H27ClN6/c1-24-11-13-25(14-12-24)18(16-9-5-6-10-17(16)20)19-21-22-23-26(19)15-7-3-2-4-8-15/h5-6,9-10,15,18H,2-4,7-8,11-14H2,1H3/t18-/m0/s1. The number of hydrogen-bond donors (Lipinski definition) is 0. The Bertz CT molecular complexity index is 718. The second-order valence-corrected chi connectivity index (χ2v) is 7.94. The SMILES string of the molecule is CN1CCN([C@@H](c2ccccc2Cl)c2nnnn2C2CCCCC2)CC1. The minimum absolute atomic E-state index is 0.00864. The van der Waals surface area contributed by atoms with Gasteiger partial charge in [-0.25, -0.2) is 4.68 Å². The zero-order valence-electron chi connectivity index (χ0n) is 15.4. The van der Waals surface area contributed by atoms with E-state index in [2.05, 4.69) is 49.2 Å². The molecule has 0 amide bonds. The molecule has 140 valence electrons. The summed E-state index contributed by atoms with van der Waals surface area (Å²) in [7, 11) is 2.17. The lowest BCUT2D eigenvalue weighted by Gasteiger charge is -2.38. The molecule has 1 saturated heterocycles. The maximum absolute atomic E-state index is 6.61. The van der Waals surface area contributed by atoms with Gasteiger partial charge < -0.3 is 4.90 Å². The van der Waals surface area contributed by atoms with Crippen molar-refractivity contribution in [2.45, 2.75) is 44.2 Å². The maximum Gasteiger partial charge on any atom is 0.173 e. The molecule has 2 aliphatic rings. The number of aromatic nitrogens is 4. The molecular weight excluding hydrogens is 348 g/mol. The molecule has 6 nitrogen and oxygen atoms in total. The van der Waals surface area contributed by atoms with E-state index in [1.165, 1.54) is 19.3 Å². The predicted molar refractivity (Wildman–Crippen MR) is 102 cm³/mol. The van der Waals surface area contributed by atoms with Gasteiger partial charge in [-0.3, -0.25) is 4.90 Å². The fraction of sp³-hybridized carbons (Fsp3) is 0.632. The van der Waals surface area contributed by atoms with E-state index >= 15 is 0 Å². The molecule has 1 saturated carbocycles. The molecule has 1 aromatic heterocycles. The van der Waals surface area contributed by atoms with Gasteiger partial charge in [-0.05, 0) is 41.9 Å². The van der Waals surface area contributed by atoms with E-state index in [0.717, 1.165) is 55.4 Å². The number of tetrazole rings is 1. The van der Waals surface area contributed by atoms with Crippen LogP contribution in [0.15, 0.2) is 24.3 Å². The molecule has 0 bridgehead atoms. The minimum Gasteiger partial charge on any atom is -0.304 e. The third-order valence-electron chi connectivity index (χ3n) is 5.79. The predicted octanol–water partition coefficient (Wildman–Crippen LogP) is 3.17. The Hall–Kier alpha value is -1.50. The van der Waals surface area contributed by atoms with Crippen molar-refractivity contribution in [2.24, 2.45) is 0 Å². The molecule has 1 aromatic carbocycles. The number of nitrogens with zero attached hydrogens (tertiary/aromatic N) is 6. The van der Waals surface area contributed by atoms with E-state index in [4.69, 9.17) is 11.6 Å². The molecule has 2 aromatic rings. The van der Waals surface area contributed by atoms with E-state index in [1.54, 1.807) is 0 Å². The Labute approximate surface area is 160 Å². The molecule has 1 atom stereocenters. The lowest BCUT2D eigenvalue weighted by atomic mass is 9.95. The number of piperazine rings is 1. The number of halogens is 1. The van der Waals surface area contributed by atoms with Crippen molar-refractivity contribution in [3.8, 4) is 0 Å². The first kappa shape index (κ1) is 17.9. The fourth-order valence-electron chi connectivity index (χ4n) is 4.24. The van der Waals surface area contributed by atoms with Gasteiger partial charge in [0.05, 0.1) is 12.1 Å². The second-order valence-electron chi connectivity index (χ2n) is 7.54. The highest BCUT2D eigenvalue weighted by molar-refractivity contribution is 6.31. The van der Waals surface area contributed by atoms with E-state index in [-0.39, 0.29) is 6.04 Å². The third kappa shape index (κ3) is 3.63. The summed E-state index contributed by atoms with van der Waals surface area (Å²) in [4.78, 5) is 4.84. The van der Waals surface area contributed by atoms with Crippen LogP contribution in [0.3, 0.4) is 0 Å². The van der Waals surface area contributed by atoms with Crippen molar-refractivity contribution in [3.63, 3.8) is 0 Å². The quantitative estimate of drug-likeness (QED) is 0.822. The number of rotatable bonds is 4. The summed E-state index contributed by atoms with van der Waals surface area (Å²) in [5.74, 6) is 0.939. The Kier molecular flexibility index (Phi) is 5.52. The van der Waals surface area contributed by atoms with Crippen LogP contribution in [0.2, 0.25) is 5.02 Å². The lowest BCUT2D eigenvalue weighted by molar-refractivity contribution is 0.119. The summed E-state index contributed by atoms with van der Waals surface area (Å²) in [6.45, 7) is 4.08. The van der Waals surface area contributed by atoms with Gasteiger partial charge in [-0.1, -0.05) is 49.1 Å². The van der Waals surface area contributed by atoms with Gasteiger partial charge in [0.15, 0.2) is 5.82 Å². The molecule has 2 fully saturated rings. The smallest absolute Gasteiger partial charge is 0.173 e. The van der Waals surface area contributed by atoms with Crippen LogP contribution in [0.4, 0.5) is 0 Å². The van der Waals surface area contributed by atoms with E-state index in [1.807, 2.05) is 12.1 Å². The topological polar surface area (TPSA) is 50.1 Å². The first-order valence-corrected chi connectivity index (χ1v) is 10.1. The van der Waals surface area contributed by atoms with Crippen LogP contribution in [-0.2, 0) is 0 Å². The van der Waals surface area contributed by atoms with Crippen LogP contribution in [0.25, 0.3) is 0 Å². The molecule has 0 unspecified atom stereocenters. The van der Waals surface area contributed by atoms with Crippen LogP contribution < -0.4 is 0 Å². The molecule has 0 spiro atoms. The molecule has 4 rings (SSSR count). The molecule has 7 heteroatoms. The summed E-state index contributed by atoms with van der Waals surface area (Å²) in [6.07, 6.45) is 6.16. The van der Waals surface area contributed by atoms with E-state index in [0.29, 0.717) is 6.04 Å². The van der Waals surface area contributed by atoms with Gasteiger partial charge in [0.25, 0.3) is 0 Å². The average Bonchev–Trinajstić information content (AvgIpc) is 3.15. The van der Waals surface area contributed by atoms with Gasteiger partial charge in [-0.15, -0.1) is 5.10 Å². The molecular formula is C19H27ClN6. The second kappa shape index (κ2) is 8.03. The van der Waals surface area contributed by atoms with Crippen molar-refractivity contribution < 1.29 is 0 Å². The van der Waals surface area contributed by atoms with Crippen molar-refractivity contribution in [1.29, 1.82) is 0 Å². The average molecular weight is 375 g/mol. The largest absolute Gasteiger partial charge is 0.304 e. The Morgan fingerprint density at radius 1 is 1.04 bits per heavy atom. The van der Waals surface area contributed by atoms with Crippen molar-refractivity contribution in [2.75, 3.05) is 33.2 Å².